The number of hydrogen-bond donors (Lipinski definition) is 2. The Kier molecular flexibility index (Phi) is 7.31. The minimum Gasteiger partial charge on any atom is -0.382 e. The summed E-state index contributed by atoms with van der Waals surface area (Å²) in [5.41, 5.74) is 1.74. The molecule has 1 aliphatic rings. The summed E-state index contributed by atoms with van der Waals surface area (Å²) in [4.78, 5) is 18.9. The number of amides is 1. The van der Waals surface area contributed by atoms with Gasteiger partial charge in [-0.15, -0.1) is 0 Å². The first-order chi connectivity index (χ1) is 18.2. The summed E-state index contributed by atoms with van der Waals surface area (Å²) in [6.07, 6.45) is -2.57. The Hall–Kier alpha value is -3.57. The fourth-order valence-electron chi connectivity index (χ4n) is 4.61. The van der Waals surface area contributed by atoms with E-state index in [1.54, 1.807) is 42.5 Å². The molecule has 200 valence electrons. The summed E-state index contributed by atoms with van der Waals surface area (Å²) >= 11 is 5.85. The molecule has 0 atom stereocenters. The molecule has 12 heteroatoms. The zero-order valence-corrected chi connectivity index (χ0v) is 21.3. The van der Waals surface area contributed by atoms with E-state index in [4.69, 9.17) is 16.1 Å². The maximum Gasteiger partial charge on any atom is 0.406 e. The van der Waals surface area contributed by atoms with Crippen molar-refractivity contribution in [3.63, 3.8) is 0 Å². The normalized spacial score (nSPS) is 15.2. The number of piperidine rings is 1. The monoisotopic (exact) mass is 546 g/mol. The predicted molar refractivity (Wildman–Crippen MR) is 138 cm³/mol. The number of fused-ring (bicyclic) bond motifs is 1. The van der Waals surface area contributed by atoms with Gasteiger partial charge in [0.1, 0.15) is 6.54 Å². The second-order valence-corrected chi connectivity index (χ2v) is 9.83. The molecule has 3 heterocycles. The number of halogens is 4. The molecular formula is C26H26ClF3N6O2. The van der Waals surface area contributed by atoms with Gasteiger partial charge in [0.15, 0.2) is 0 Å². The molecule has 1 amide bonds. The molecular weight excluding hydrogens is 521 g/mol. The number of nitrogens with zero attached hydrogens (tertiary/aromatic N) is 4. The minimum absolute atomic E-state index is 0.00596. The van der Waals surface area contributed by atoms with E-state index < -0.39 is 12.7 Å². The van der Waals surface area contributed by atoms with Gasteiger partial charge in [0.2, 0.25) is 11.7 Å². The molecule has 2 aromatic heterocycles. The van der Waals surface area contributed by atoms with Crippen LogP contribution >= 0.6 is 11.6 Å². The summed E-state index contributed by atoms with van der Waals surface area (Å²) in [5, 5.41) is 11.2. The maximum atomic E-state index is 13.6. The van der Waals surface area contributed by atoms with E-state index in [0.717, 1.165) is 36.2 Å². The van der Waals surface area contributed by atoms with Gasteiger partial charge in [-0.1, -0.05) is 22.8 Å². The summed E-state index contributed by atoms with van der Waals surface area (Å²) in [5.74, 6) is -0.306. The van der Waals surface area contributed by atoms with Crippen LogP contribution in [-0.4, -0.2) is 57.9 Å². The molecule has 0 aliphatic carbocycles. The Balaban J connectivity index is 1.41. The summed E-state index contributed by atoms with van der Waals surface area (Å²) in [7, 11) is 2.07. The largest absolute Gasteiger partial charge is 0.406 e. The summed E-state index contributed by atoms with van der Waals surface area (Å²) < 4.78 is 47.2. The SMILES string of the molecule is CN1CCC(Nc2cccc3c2cc(-c2noc(CNC(=O)c4ccc(Cl)cc4)n2)n3CC(F)(F)F)CC1. The molecule has 38 heavy (non-hydrogen) atoms. The van der Waals surface area contributed by atoms with Crippen LogP contribution in [0.5, 0.6) is 0 Å². The smallest absolute Gasteiger partial charge is 0.382 e. The van der Waals surface area contributed by atoms with Gasteiger partial charge < -0.3 is 24.6 Å². The molecule has 0 radical (unpaired) electrons. The van der Waals surface area contributed by atoms with E-state index >= 15 is 0 Å². The number of benzene rings is 2. The van der Waals surface area contributed by atoms with Gasteiger partial charge in [-0.3, -0.25) is 4.79 Å². The van der Waals surface area contributed by atoms with Gasteiger partial charge in [0.05, 0.1) is 17.8 Å². The maximum absolute atomic E-state index is 13.6. The number of carbonyl (C=O) groups is 1. The number of likely N-dealkylation sites (tertiary alicyclic amines) is 1. The van der Waals surface area contributed by atoms with E-state index in [1.807, 2.05) is 6.07 Å². The molecule has 5 rings (SSSR count). The first-order valence-corrected chi connectivity index (χ1v) is 12.5. The Labute approximate surface area is 221 Å². The van der Waals surface area contributed by atoms with Crippen molar-refractivity contribution >= 4 is 34.1 Å². The molecule has 4 aromatic rings. The standard InChI is InChI=1S/C26H26ClF3N6O2/c1-35-11-9-18(10-12-35)32-20-3-2-4-21-19(20)13-22(36(21)15-26(28,29)30)24-33-23(38-34-24)14-31-25(37)16-5-7-17(27)8-6-16/h2-8,13,18,32H,9-12,14-15H2,1H3,(H,31,37). The highest BCUT2D eigenvalue weighted by atomic mass is 35.5. The van der Waals surface area contributed by atoms with Crippen molar-refractivity contribution in [2.75, 3.05) is 25.5 Å². The highest BCUT2D eigenvalue weighted by Crippen LogP contribution is 2.34. The van der Waals surface area contributed by atoms with Crippen molar-refractivity contribution in [3.05, 3.63) is 65.0 Å². The molecule has 0 spiro atoms. The van der Waals surface area contributed by atoms with E-state index in [2.05, 4.69) is 32.7 Å². The molecule has 2 aromatic carbocycles. The third-order valence-corrected chi connectivity index (χ3v) is 6.82. The Bertz CT molecular complexity index is 1430. The van der Waals surface area contributed by atoms with Crippen LogP contribution in [0.25, 0.3) is 22.4 Å². The molecule has 2 N–H and O–H groups in total. The van der Waals surface area contributed by atoms with Crippen molar-refractivity contribution in [1.82, 2.24) is 24.9 Å². The fraction of sp³-hybridized carbons (Fsp3) is 0.346. The van der Waals surface area contributed by atoms with E-state index in [0.29, 0.717) is 21.5 Å². The number of rotatable bonds is 7. The van der Waals surface area contributed by atoms with Gasteiger partial charge in [-0.25, -0.2) is 0 Å². The second kappa shape index (κ2) is 10.7. The zero-order valence-electron chi connectivity index (χ0n) is 20.6. The van der Waals surface area contributed by atoms with Crippen LogP contribution in [-0.2, 0) is 13.1 Å². The summed E-state index contributed by atoms with van der Waals surface area (Å²) in [6.45, 7) is 0.611. The summed E-state index contributed by atoms with van der Waals surface area (Å²) in [6, 6.07) is 13.5. The van der Waals surface area contributed by atoms with Crippen LogP contribution < -0.4 is 10.6 Å². The van der Waals surface area contributed by atoms with Gasteiger partial charge in [0.25, 0.3) is 5.91 Å². The van der Waals surface area contributed by atoms with Gasteiger partial charge in [-0.2, -0.15) is 18.2 Å². The highest BCUT2D eigenvalue weighted by Gasteiger charge is 2.31. The van der Waals surface area contributed by atoms with Crippen molar-refractivity contribution in [2.45, 2.75) is 38.1 Å². The Morgan fingerprint density at radius 2 is 1.89 bits per heavy atom. The predicted octanol–water partition coefficient (Wildman–Crippen LogP) is 5.34. The Morgan fingerprint density at radius 3 is 2.61 bits per heavy atom. The number of carbonyl (C=O) groups excluding carboxylic acids is 1. The number of nitrogens with one attached hydrogen (secondary N) is 2. The first-order valence-electron chi connectivity index (χ1n) is 12.2. The minimum atomic E-state index is -4.46. The zero-order chi connectivity index (χ0) is 26.9. The number of alkyl halides is 3. The van der Waals surface area contributed by atoms with Crippen LogP contribution in [0.15, 0.2) is 53.1 Å². The average Bonchev–Trinajstić information content (AvgIpc) is 3.49. The van der Waals surface area contributed by atoms with Crippen LogP contribution in [0.1, 0.15) is 29.1 Å². The number of aromatic nitrogens is 3. The third-order valence-electron chi connectivity index (χ3n) is 6.57. The van der Waals surface area contributed by atoms with E-state index in [-0.39, 0.29) is 35.9 Å². The lowest BCUT2D eigenvalue weighted by Gasteiger charge is -2.30. The molecule has 0 saturated carbocycles. The Morgan fingerprint density at radius 1 is 1.16 bits per heavy atom. The van der Waals surface area contributed by atoms with E-state index in [9.17, 15) is 18.0 Å². The molecule has 1 saturated heterocycles. The highest BCUT2D eigenvalue weighted by molar-refractivity contribution is 6.30. The molecule has 0 unspecified atom stereocenters. The third kappa shape index (κ3) is 5.94. The van der Waals surface area contributed by atoms with Crippen LogP contribution in [0, 0.1) is 0 Å². The molecule has 1 fully saturated rings. The van der Waals surface area contributed by atoms with Crippen molar-refractivity contribution in [3.8, 4) is 11.5 Å². The molecule has 1 aliphatic heterocycles. The molecule has 0 bridgehead atoms. The molecule has 8 nitrogen and oxygen atoms in total. The van der Waals surface area contributed by atoms with Gasteiger partial charge in [-0.05, 0) is 75.4 Å². The first kappa shape index (κ1) is 26.1. The number of anilines is 1. The van der Waals surface area contributed by atoms with Gasteiger partial charge in [0, 0.05) is 27.7 Å². The lowest BCUT2D eigenvalue weighted by molar-refractivity contribution is -0.139. The van der Waals surface area contributed by atoms with Crippen LogP contribution in [0.3, 0.4) is 0 Å². The number of hydrogen-bond acceptors (Lipinski definition) is 6. The van der Waals surface area contributed by atoms with Crippen molar-refractivity contribution in [2.24, 2.45) is 0 Å². The van der Waals surface area contributed by atoms with E-state index in [1.165, 1.54) is 0 Å². The van der Waals surface area contributed by atoms with Crippen LogP contribution in [0.2, 0.25) is 5.02 Å². The van der Waals surface area contributed by atoms with Crippen molar-refractivity contribution in [1.29, 1.82) is 0 Å². The topological polar surface area (TPSA) is 88.2 Å². The van der Waals surface area contributed by atoms with Gasteiger partial charge >= 0.3 is 6.18 Å². The van der Waals surface area contributed by atoms with Crippen molar-refractivity contribution < 1.29 is 22.5 Å². The fourth-order valence-corrected chi connectivity index (χ4v) is 4.73. The average molecular weight is 547 g/mol. The lowest BCUT2D eigenvalue weighted by Crippen LogP contribution is -2.36. The second-order valence-electron chi connectivity index (χ2n) is 9.39. The lowest BCUT2D eigenvalue weighted by atomic mass is 10.0. The quantitative estimate of drug-likeness (QED) is 0.325. The van der Waals surface area contributed by atoms with Crippen LogP contribution in [0.4, 0.5) is 18.9 Å².